The summed E-state index contributed by atoms with van der Waals surface area (Å²) in [6.07, 6.45) is 0.505. The first-order valence-corrected chi connectivity index (χ1v) is 5.27. The molecule has 1 aromatic heterocycles. The highest BCUT2D eigenvalue weighted by atomic mass is 35.5. The van der Waals surface area contributed by atoms with E-state index in [1.807, 2.05) is 0 Å². The van der Waals surface area contributed by atoms with Crippen LogP contribution in [0.2, 0.25) is 5.02 Å². The molecule has 0 saturated carbocycles. The topological polar surface area (TPSA) is 61.1 Å². The Kier molecular flexibility index (Phi) is 2.85. The molecule has 2 aromatic rings. The molecule has 2 rings (SSSR count). The summed E-state index contributed by atoms with van der Waals surface area (Å²) in [5.41, 5.74) is -0.618. The van der Waals surface area contributed by atoms with Crippen LogP contribution >= 0.6 is 11.6 Å². The number of hydrogen-bond donors (Lipinski definition) is 0. The molecule has 1 aromatic carbocycles. The first-order chi connectivity index (χ1) is 8.07. The monoisotopic (exact) mass is 252 g/mol. The fourth-order valence-corrected chi connectivity index (χ4v) is 2.00. The summed E-state index contributed by atoms with van der Waals surface area (Å²) in [7, 11) is 1.53. The minimum absolute atomic E-state index is 0.248. The number of benzene rings is 1. The van der Waals surface area contributed by atoms with Gasteiger partial charge in [0.2, 0.25) is 0 Å². The summed E-state index contributed by atoms with van der Waals surface area (Å²) in [4.78, 5) is 34.3. The Balaban J connectivity index is 3.07. The lowest BCUT2D eigenvalue weighted by Crippen LogP contribution is -2.39. The molecule has 0 unspecified atom stereocenters. The molecule has 0 atom stereocenters. The van der Waals surface area contributed by atoms with Gasteiger partial charge in [0.25, 0.3) is 5.56 Å². The van der Waals surface area contributed by atoms with E-state index < -0.39 is 11.2 Å². The zero-order valence-electron chi connectivity index (χ0n) is 9.01. The molecule has 0 amide bonds. The lowest BCUT2D eigenvalue weighted by molar-refractivity contribution is -0.108. The second-order valence-electron chi connectivity index (χ2n) is 3.56. The Labute approximate surface area is 101 Å². The predicted octanol–water partition coefficient (Wildman–Crippen LogP) is 0.552. The number of aromatic nitrogens is 2. The Hall–Kier alpha value is -1.88. The van der Waals surface area contributed by atoms with Crippen LogP contribution in [0.1, 0.15) is 0 Å². The first-order valence-electron chi connectivity index (χ1n) is 4.89. The number of hydrogen-bond acceptors (Lipinski definition) is 3. The van der Waals surface area contributed by atoms with Crippen molar-refractivity contribution < 1.29 is 4.79 Å². The molecule has 88 valence electrons. The van der Waals surface area contributed by atoms with Crippen LogP contribution in [0, 0.1) is 0 Å². The van der Waals surface area contributed by atoms with E-state index in [0.717, 1.165) is 4.57 Å². The molecule has 5 nitrogen and oxygen atoms in total. The van der Waals surface area contributed by atoms with Gasteiger partial charge >= 0.3 is 5.69 Å². The molecule has 0 saturated heterocycles. The summed E-state index contributed by atoms with van der Waals surface area (Å²) in [6, 6.07) is 4.86. The van der Waals surface area contributed by atoms with E-state index in [0.29, 0.717) is 11.8 Å². The summed E-state index contributed by atoms with van der Waals surface area (Å²) in [5, 5.41) is 0.515. The van der Waals surface area contributed by atoms with Crippen molar-refractivity contribution in [2.45, 2.75) is 6.54 Å². The number of fused-ring (bicyclic) bond motifs is 1. The molecular weight excluding hydrogens is 244 g/mol. The van der Waals surface area contributed by atoms with Gasteiger partial charge in [-0.05, 0) is 12.1 Å². The highest BCUT2D eigenvalue weighted by Crippen LogP contribution is 2.17. The lowest BCUT2D eigenvalue weighted by Gasteiger charge is -2.09. The number of carbonyl (C=O) groups excluding carboxylic acids is 1. The van der Waals surface area contributed by atoms with Crippen LogP contribution in [0.5, 0.6) is 0 Å². The van der Waals surface area contributed by atoms with Crippen LogP contribution in [-0.4, -0.2) is 15.4 Å². The number of nitrogens with zero attached hydrogens (tertiary/aromatic N) is 2. The predicted molar refractivity (Wildman–Crippen MR) is 64.5 cm³/mol. The molecule has 0 fully saturated rings. The van der Waals surface area contributed by atoms with E-state index in [2.05, 4.69) is 0 Å². The van der Waals surface area contributed by atoms with Gasteiger partial charge in [-0.1, -0.05) is 17.7 Å². The van der Waals surface area contributed by atoms with Crippen molar-refractivity contribution in [3.63, 3.8) is 0 Å². The number of carbonyl (C=O) groups is 1. The van der Waals surface area contributed by atoms with E-state index in [9.17, 15) is 14.4 Å². The van der Waals surface area contributed by atoms with Crippen LogP contribution in [0.4, 0.5) is 0 Å². The number of rotatable bonds is 2. The third-order valence-electron chi connectivity index (χ3n) is 2.59. The van der Waals surface area contributed by atoms with Crippen molar-refractivity contribution in [3.05, 3.63) is 44.1 Å². The lowest BCUT2D eigenvalue weighted by atomic mass is 10.2. The van der Waals surface area contributed by atoms with Crippen LogP contribution < -0.4 is 11.2 Å². The van der Waals surface area contributed by atoms with Gasteiger partial charge in [0.05, 0.1) is 22.5 Å². The van der Waals surface area contributed by atoms with Crippen LogP contribution in [0.3, 0.4) is 0 Å². The summed E-state index contributed by atoms with van der Waals surface area (Å²) in [5.74, 6) is 0. The fourth-order valence-electron chi connectivity index (χ4n) is 1.75. The summed E-state index contributed by atoms with van der Waals surface area (Å²) >= 11 is 5.94. The largest absolute Gasteiger partial charge is 0.331 e. The van der Waals surface area contributed by atoms with Gasteiger partial charge < -0.3 is 4.79 Å². The average molecular weight is 253 g/mol. The Morgan fingerprint density at radius 1 is 1.35 bits per heavy atom. The number of aldehydes is 1. The second kappa shape index (κ2) is 4.18. The quantitative estimate of drug-likeness (QED) is 0.734. The van der Waals surface area contributed by atoms with Crippen molar-refractivity contribution >= 4 is 28.8 Å². The maximum absolute atomic E-state index is 12.0. The zero-order chi connectivity index (χ0) is 12.6. The van der Waals surface area contributed by atoms with E-state index in [1.165, 1.54) is 11.6 Å². The smallest absolute Gasteiger partial charge is 0.301 e. The molecule has 6 heteroatoms. The van der Waals surface area contributed by atoms with E-state index >= 15 is 0 Å². The van der Waals surface area contributed by atoms with Crippen molar-refractivity contribution in [3.8, 4) is 0 Å². The minimum atomic E-state index is -0.541. The highest BCUT2D eigenvalue weighted by molar-refractivity contribution is 6.35. The van der Waals surface area contributed by atoms with Crippen molar-refractivity contribution in [2.75, 3.05) is 0 Å². The summed E-state index contributed by atoms with van der Waals surface area (Å²) in [6.45, 7) is -0.271. The van der Waals surface area contributed by atoms with Gasteiger partial charge in [0, 0.05) is 7.05 Å². The molecular formula is C11H9ClN2O3. The SMILES string of the molecule is Cn1c(=O)n(CC=O)c(=O)c2c(Cl)cccc21. The normalized spacial score (nSPS) is 10.7. The molecule has 1 heterocycles. The van der Waals surface area contributed by atoms with Gasteiger partial charge in [-0.15, -0.1) is 0 Å². The van der Waals surface area contributed by atoms with Crippen LogP contribution in [0.15, 0.2) is 27.8 Å². The molecule has 0 aliphatic carbocycles. The van der Waals surface area contributed by atoms with Crippen molar-refractivity contribution in [2.24, 2.45) is 7.05 Å². The number of aryl methyl sites for hydroxylation is 1. The van der Waals surface area contributed by atoms with Crippen LogP contribution in [-0.2, 0) is 18.4 Å². The van der Waals surface area contributed by atoms with E-state index in [4.69, 9.17) is 11.6 Å². The maximum Gasteiger partial charge on any atom is 0.331 e. The standard InChI is InChI=1S/C11H9ClN2O3/c1-13-8-4-2-3-7(12)9(8)10(16)14(5-6-15)11(13)17/h2-4,6H,5H2,1H3. The summed E-state index contributed by atoms with van der Waals surface area (Å²) < 4.78 is 2.16. The minimum Gasteiger partial charge on any atom is -0.301 e. The highest BCUT2D eigenvalue weighted by Gasteiger charge is 2.12. The molecule has 0 spiro atoms. The van der Waals surface area contributed by atoms with E-state index in [-0.39, 0.29) is 17.0 Å². The van der Waals surface area contributed by atoms with Crippen molar-refractivity contribution in [1.29, 1.82) is 0 Å². The Morgan fingerprint density at radius 3 is 2.71 bits per heavy atom. The molecule has 0 aliphatic rings. The molecule has 0 bridgehead atoms. The van der Waals surface area contributed by atoms with Gasteiger partial charge in [0.1, 0.15) is 6.29 Å². The second-order valence-corrected chi connectivity index (χ2v) is 3.97. The fraction of sp³-hybridized carbons (Fsp3) is 0.182. The van der Waals surface area contributed by atoms with Crippen LogP contribution in [0.25, 0.3) is 10.9 Å². The third kappa shape index (κ3) is 1.68. The molecule has 0 aliphatic heterocycles. The zero-order valence-corrected chi connectivity index (χ0v) is 9.77. The van der Waals surface area contributed by atoms with E-state index in [1.54, 1.807) is 18.2 Å². The van der Waals surface area contributed by atoms with Gasteiger partial charge in [-0.2, -0.15) is 0 Å². The Bertz CT molecular complexity index is 715. The first kappa shape index (κ1) is 11.6. The van der Waals surface area contributed by atoms with Gasteiger partial charge in [0.15, 0.2) is 0 Å². The number of halogens is 1. The molecule has 0 N–H and O–H groups in total. The average Bonchev–Trinajstić information content (AvgIpc) is 2.31. The van der Waals surface area contributed by atoms with Gasteiger partial charge in [-0.3, -0.25) is 13.9 Å². The van der Waals surface area contributed by atoms with Gasteiger partial charge in [-0.25, -0.2) is 4.79 Å². The molecule has 17 heavy (non-hydrogen) atoms. The van der Waals surface area contributed by atoms with Crippen molar-refractivity contribution in [1.82, 2.24) is 9.13 Å². The molecule has 0 radical (unpaired) electrons. The maximum atomic E-state index is 12.0. The Morgan fingerprint density at radius 2 is 2.06 bits per heavy atom. The third-order valence-corrected chi connectivity index (χ3v) is 2.90.